The number of nitrogens with one attached hydrogen (secondary N) is 2. The summed E-state index contributed by atoms with van der Waals surface area (Å²) in [5, 5.41) is 7.35. The fraction of sp³-hybridized carbons (Fsp3) is 0.0556. The second-order valence-corrected chi connectivity index (χ2v) is 5.57. The zero-order valence-corrected chi connectivity index (χ0v) is 13.6. The Balaban J connectivity index is 1.64. The molecule has 0 unspecified atom stereocenters. The second kappa shape index (κ2) is 6.60. The first kappa shape index (κ1) is 15.7. The van der Waals surface area contributed by atoms with E-state index in [0.717, 1.165) is 5.69 Å². The predicted molar refractivity (Wildman–Crippen MR) is 94.9 cm³/mol. The standard InChI is InChI=1S/C18H14N6O2/c25-17(12-5-4-8-19-9-12)20-11-15-22-16-14(18(26)23-15)10-21-24(16)13-6-2-1-3-7-13/h1-10H,11H2,(H,20,25)(H,22,23,26). The number of hydrogen-bond acceptors (Lipinski definition) is 5. The summed E-state index contributed by atoms with van der Waals surface area (Å²) in [5.74, 6) is 0.0508. The van der Waals surface area contributed by atoms with E-state index in [9.17, 15) is 9.59 Å². The summed E-state index contributed by atoms with van der Waals surface area (Å²) in [4.78, 5) is 35.4. The topological polar surface area (TPSA) is 106 Å². The monoisotopic (exact) mass is 346 g/mol. The van der Waals surface area contributed by atoms with Gasteiger partial charge in [-0.2, -0.15) is 5.10 Å². The molecular formula is C18H14N6O2. The average molecular weight is 346 g/mol. The van der Waals surface area contributed by atoms with Gasteiger partial charge in [-0.25, -0.2) is 9.67 Å². The summed E-state index contributed by atoms with van der Waals surface area (Å²) in [7, 11) is 0. The van der Waals surface area contributed by atoms with Crippen LogP contribution in [-0.2, 0) is 6.54 Å². The van der Waals surface area contributed by atoms with Crippen molar-refractivity contribution in [1.82, 2.24) is 30.0 Å². The molecule has 0 spiro atoms. The van der Waals surface area contributed by atoms with Gasteiger partial charge >= 0.3 is 0 Å². The first-order valence-electron chi connectivity index (χ1n) is 7.93. The van der Waals surface area contributed by atoms with E-state index in [1.54, 1.807) is 23.0 Å². The Morgan fingerprint density at radius 1 is 1.12 bits per heavy atom. The lowest BCUT2D eigenvalue weighted by atomic mass is 10.3. The maximum atomic E-state index is 12.3. The van der Waals surface area contributed by atoms with E-state index >= 15 is 0 Å². The minimum Gasteiger partial charge on any atom is -0.345 e. The Bertz CT molecular complexity index is 1120. The summed E-state index contributed by atoms with van der Waals surface area (Å²) in [6.45, 7) is 0.0822. The van der Waals surface area contributed by atoms with Crippen molar-refractivity contribution in [3.8, 4) is 5.69 Å². The molecule has 1 amide bonds. The van der Waals surface area contributed by atoms with Crippen LogP contribution in [0.4, 0.5) is 0 Å². The number of aromatic nitrogens is 5. The fourth-order valence-electron chi connectivity index (χ4n) is 2.57. The van der Waals surface area contributed by atoms with Crippen molar-refractivity contribution in [2.45, 2.75) is 6.54 Å². The number of aromatic amines is 1. The second-order valence-electron chi connectivity index (χ2n) is 5.57. The van der Waals surface area contributed by atoms with Gasteiger partial charge in [-0.05, 0) is 24.3 Å². The highest BCUT2D eigenvalue weighted by molar-refractivity contribution is 5.93. The van der Waals surface area contributed by atoms with Crippen molar-refractivity contribution in [3.05, 3.63) is 82.8 Å². The van der Waals surface area contributed by atoms with Crippen LogP contribution in [-0.4, -0.2) is 30.6 Å². The molecule has 2 N–H and O–H groups in total. The SMILES string of the molecule is O=C(NCc1nc2c(cnn2-c2ccccc2)c(=O)[nH]1)c1cccnc1. The van der Waals surface area contributed by atoms with E-state index in [0.29, 0.717) is 22.4 Å². The maximum absolute atomic E-state index is 12.3. The first-order chi connectivity index (χ1) is 12.7. The number of hydrogen-bond donors (Lipinski definition) is 2. The number of fused-ring (bicyclic) bond motifs is 1. The van der Waals surface area contributed by atoms with E-state index in [1.807, 2.05) is 30.3 Å². The van der Waals surface area contributed by atoms with Crippen LogP contribution in [0.2, 0.25) is 0 Å². The number of pyridine rings is 1. The van der Waals surface area contributed by atoms with Crippen molar-refractivity contribution in [3.63, 3.8) is 0 Å². The summed E-state index contributed by atoms with van der Waals surface area (Å²) < 4.78 is 1.59. The Morgan fingerprint density at radius 2 is 1.96 bits per heavy atom. The summed E-state index contributed by atoms with van der Waals surface area (Å²) in [6.07, 6.45) is 4.54. The molecule has 4 aromatic rings. The number of benzene rings is 1. The normalized spacial score (nSPS) is 10.8. The van der Waals surface area contributed by atoms with Gasteiger partial charge in [0.15, 0.2) is 5.65 Å². The van der Waals surface area contributed by atoms with Crippen LogP contribution in [0.25, 0.3) is 16.7 Å². The molecule has 0 aliphatic carbocycles. The van der Waals surface area contributed by atoms with Gasteiger partial charge in [0.25, 0.3) is 11.5 Å². The van der Waals surface area contributed by atoms with Gasteiger partial charge < -0.3 is 10.3 Å². The van der Waals surface area contributed by atoms with Crippen LogP contribution in [0.1, 0.15) is 16.2 Å². The molecule has 0 aliphatic heterocycles. The Labute approximate surface area is 147 Å². The van der Waals surface area contributed by atoms with E-state index in [4.69, 9.17) is 0 Å². The number of rotatable bonds is 4. The van der Waals surface area contributed by atoms with Crippen LogP contribution in [0, 0.1) is 0 Å². The number of amides is 1. The average Bonchev–Trinajstić information content (AvgIpc) is 3.12. The van der Waals surface area contributed by atoms with Crippen LogP contribution in [0.5, 0.6) is 0 Å². The van der Waals surface area contributed by atoms with Gasteiger partial charge in [-0.3, -0.25) is 14.6 Å². The molecule has 26 heavy (non-hydrogen) atoms. The van der Waals surface area contributed by atoms with E-state index in [2.05, 4.69) is 25.4 Å². The minimum absolute atomic E-state index is 0.0822. The quantitative estimate of drug-likeness (QED) is 0.581. The molecule has 128 valence electrons. The smallest absolute Gasteiger partial charge is 0.262 e. The lowest BCUT2D eigenvalue weighted by Crippen LogP contribution is -2.25. The van der Waals surface area contributed by atoms with Gasteiger partial charge in [0.05, 0.1) is 24.0 Å². The van der Waals surface area contributed by atoms with Crippen molar-refractivity contribution < 1.29 is 4.79 Å². The third kappa shape index (κ3) is 2.95. The molecule has 3 aromatic heterocycles. The molecule has 0 aliphatic rings. The van der Waals surface area contributed by atoms with E-state index in [-0.39, 0.29) is 18.0 Å². The zero-order chi connectivity index (χ0) is 17.9. The van der Waals surface area contributed by atoms with Gasteiger partial charge in [-0.15, -0.1) is 0 Å². The van der Waals surface area contributed by atoms with Gasteiger partial charge in [0, 0.05) is 12.4 Å². The zero-order valence-electron chi connectivity index (χ0n) is 13.6. The number of carbonyl (C=O) groups excluding carboxylic acids is 1. The van der Waals surface area contributed by atoms with Crippen molar-refractivity contribution in [2.24, 2.45) is 0 Å². The molecule has 0 bridgehead atoms. The lowest BCUT2D eigenvalue weighted by Gasteiger charge is -2.06. The van der Waals surface area contributed by atoms with Gasteiger partial charge in [0.2, 0.25) is 0 Å². The lowest BCUT2D eigenvalue weighted by molar-refractivity contribution is 0.0949. The molecule has 0 saturated carbocycles. The predicted octanol–water partition coefficient (Wildman–Crippen LogP) is 1.43. The summed E-state index contributed by atoms with van der Waals surface area (Å²) in [6, 6.07) is 12.7. The highest BCUT2D eigenvalue weighted by atomic mass is 16.1. The van der Waals surface area contributed by atoms with E-state index in [1.165, 1.54) is 12.4 Å². The fourth-order valence-corrected chi connectivity index (χ4v) is 2.57. The highest BCUT2D eigenvalue weighted by Gasteiger charge is 2.12. The van der Waals surface area contributed by atoms with Crippen LogP contribution in [0.15, 0.2) is 65.8 Å². The van der Waals surface area contributed by atoms with Crippen molar-refractivity contribution in [2.75, 3.05) is 0 Å². The van der Waals surface area contributed by atoms with Crippen LogP contribution < -0.4 is 10.9 Å². The van der Waals surface area contributed by atoms with E-state index < -0.39 is 0 Å². The first-order valence-corrected chi connectivity index (χ1v) is 7.93. The number of H-pyrrole nitrogens is 1. The molecule has 0 saturated heterocycles. The molecule has 1 aromatic carbocycles. The minimum atomic E-state index is -0.303. The van der Waals surface area contributed by atoms with Gasteiger partial charge in [-0.1, -0.05) is 18.2 Å². The number of para-hydroxylation sites is 1. The Morgan fingerprint density at radius 3 is 2.73 bits per heavy atom. The summed E-state index contributed by atoms with van der Waals surface area (Å²) in [5.41, 5.74) is 1.37. The van der Waals surface area contributed by atoms with Gasteiger partial charge in [0.1, 0.15) is 11.2 Å². The van der Waals surface area contributed by atoms with Crippen LogP contribution in [0.3, 0.4) is 0 Å². The summed E-state index contributed by atoms with van der Waals surface area (Å²) >= 11 is 0. The molecular weight excluding hydrogens is 332 g/mol. The number of carbonyl (C=O) groups is 1. The molecule has 3 heterocycles. The third-order valence-electron chi connectivity index (χ3n) is 3.83. The molecule has 0 atom stereocenters. The van der Waals surface area contributed by atoms with Crippen LogP contribution >= 0.6 is 0 Å². The molecule has 8 nitrogen and oxygen atoms in total. The Hall–Kier alpha value is -3.81. The largest absolute Gasteiger partial charge is 0.345 e. The highest BCUT2D eigenvalue weighted by Crippen LogP contribution is 2.13. The molecule has 8 heteroatoms. The van der Waals surface area contributed by atoms with Crippen molar-refractivity contribution in [1.29, 1.82) is 0 Å². The third-order valence-corrected chi connectivity index (χ3v) is 3.83. The molecule has 0 radical (unpaired) electrons. The molecule has 4 rings (SSSR count). The number of nitrogens with zero attached hydrogens (tertiary/aromatic N) is 4. The molecule has 0 fully saturated rings. The maximum Gasteiger partial charge on any atom is 0.262 e. The van der Waals surface area contributed by atoms with Crippen molar-refractivity contribution >= 4 is 16.9 Å². The Kier molecular flexibility index (Phi) is 3.98.